The van der Waals surface area contributed by atoms with Gasteiger partial charge in [0.2, 0.25) is 0 Å². The van der Waals surface area contributed by atoms with Crippen LogP contribution in [0.2, 0.25) is 0 Å². The number of aliphatic hydroxyl groups is 1. The molecule has 1 aliphatic carbocycles. The quantitative estimate of drug-likeness (QED) is 0.776. The highest BCUT2D eigenvalue weighted by Crippen LogP contribution is 2.47. The van der Waals surface area contributed by atoms with E-state index in [9.17, 15) is 13.9 Å². The number of hydrogen-bond acceptors (Lipinski definition) is 2. The smallest absolute Gasteiger partial charge is 0.281 e. The van der Waals surface area contributed by atoms with Crippen LogP contribution >= 0.6 is 0 Å². The van der Waals surface area contributed by atoms with Crippen molar-refractivity contribution in [3.63, 3.8) is 0 Å². The second-order valence-corrected chi connectivity index (χ2v) is 3.82. The van der Waals surface area contributed by atoms with Gasteiger partial charge in [-0.25, -0.2) is 8.78 Å². The van der Waals surface area contributed by atoms with Crippen molar-refractivity contribution in [3.05, 3.63) is 28.8 Å². The summed E-state index contributed by atoms with van der Waals surface area (Å²) < 4.78 is 31.7. The summed E-state index contributed by atoms with van der Waals surface area (Å²) in [6.45, 7) is 1.71. The van der Waals surface area contributed by atoms with E-state index in [4.69, 9.17) is 4.74 Å². The fraction of sp³-hybridized carbons (Fsp3) is 0.455. The van der Waals surface area contributed by atoms with E-state index in [1.807, 2.05) is 0 Å². The summed E-state index contributed by atoms with van der Waals surface area (Å²) in [7, 11) is 1.44. The monoisotopic (exact) mass is 214 g/mol. The third-order valence-corrected chi connectivity index (χ3v) is 2.84. The summed E-state index contributed by atoms with van der Waals surface area (Å²) in [6.07, 6.45) is -2.16. The number of aliphatic hydroxyl groups excluding tert-OH is 1. The highest BCUT2D eigenvalue weighted by atomic mass is 19.3. The van der Waals surface area contributed by atoms with E-state index in [-0.39, 0.29) is 0 Å². The summed E-state index contributed by atoms with van der Waals surface area (Å²) in [4.78, 5) is 0. The third kappa shape index (κ3) is 1.40. The Morgan fingerprint density at radius 3 is 2.73 bits per heavy atom. The van der Waals surface area contributed by atoms with Gasteiger partial charge in [-0.2, -0.15) is 0 Å². The molecule has 0 bridgehead atoms. The van der Waals surface area contributed by atoms with Gasteiger partial charge in [0.05, 0.1) is 7.11 Å². The van der Waals surface area contributed by atoms with Crippen LogP contribution in [-0.2, 0) is 6.42 Å². The molecule has 0 amide bonds. The van der Waals surface area contributed by atoms with Crippen LogP contribution in [0.25, 0.3) is 0 Å². The van der Waals surface area contributed by atoms with Crippen molar-refractivity contribution in [2.24, 2.45) is 0 Å². The van der Waals surface area contributed by atoms with E-state index in [2.05, 4.69) is 0 Å². The molecule has 0 heterocycles. The summed E-state index contributed by atoms with van der Waals surface area (Å²) in [5.74, 6) is -2.66. The lowest BCUT2D eigenvalue weighted by molar-refractivity contribution is -0.0970. The normalized spacial score (nSPS) is 22.6. The van der Waals surface area contributed by atoms with Crippen molar-refractivity contribution in [1.29, 1.82) is 0 Å². The zero-order valence-corrected chi connectivity index (χ0v) is 8.55. The first-order chi connectivity index (χ1) is 6.97. The van der Waals surface area contributed by atoms with Crippen molar-refractivity contribution < 1.29 is 18.6 Å². The Morgan fingerprint density at radius 2 is 2.13 bits per heavy atom. The molecule has 2 nitrogen and oxygen atoms in total. The molecule has 0 spiro atoms. The predicted molar refractivity (Wildman–Crippen MR) is 51.3 cm³/mol. The van der Waals surface area contributed by atoms with Crippen LogP contribution in [0.5, 0.6) is 5.75 Å². The van der Waals surface area contributed by atoms with Gasteiger partial charge >= 0.3 is 0 Å². The fourth-order valence-corrected chi connectivity index (χ4v) is 2.06. The number of hydrogen-bond donors (Lipinski definition) is 1. The second-order valence-electron chi connectivity index (χ2n) is 3.82. The van der Waals surface area contributed by atoms with Gasteiger partial charge in [-0.3, -0.25) is 0 Å². The number of fused-ring (bicyclic) bond motifs is 1. The maximum Gasteiger partial charge on any atom is 0.281 e. The van der Waals surface area contributed by atoms with Crippen molar-refractivity contribution >= 4 is 0 Å². The van der Waals surface area contributed by atoms with Crippen LogP contribution in [0.3, 0.4) is 0 Å². The van der Waals surface area contributed by atoms with Gasteiger partial charge in [-0.15, -0.1) is 0 Å². The lowest BCUT2D eigenvalue weighted by atomic mass is 10.0. The van der Waals surface area contributed by atoms with E-state index in [0.717, 1.165) is 0 Å². The van der Waals surface area contributed by atoms with E-state index < -0.39 is 18.4 Å². The summed E-state index contributed by atoms with van der Waals surface area (Å²) in [6, 6.07) is 3.34. The molecule has 0 radical (unpaired) electrons. The van der Waals surface area contributed by atoms with Gasteiger partial charge in [-0.05, 0) is 24.1 Å². The first kappa shape index (κ1) is 10.4. The minimum atomic E-state index is -3.08. The van der Waals surface area contributed by atoms with Crippen molar-refractivity contribution in [2.75, 3.05) is 7.11 Å². The van der Waals surface area contributed by atoms with Crippen LogP contribution < -0.4 is 4.74 Å². The van der Waals surface area contributed by atoms with Gasteiger partial charge in [0.15, 0.2) is 0 Å². The third-order valence-electron chi connectivity index (χ3n) is 2.84. The molecule has 0 aromatic heterocycles. The number of methoxy groups -OCH3 is 1. The molecule has 1 aromatic carbocycles. The van der Waals surface area contributed by atoms with Gasteiger partial charge in [-0.1, -0.05) is 6.07 Å². The lowest BCUT2D eigenvalue weighted by Crippen LogP contribution is -2.21. The average molecular weight is 214 g/mol. The number of halogens is 2. The molecule has 1 aromatic rings. The lowest BCUT2D eigenvalue weighted by Gasteiger charge is -2.14. The molecule has 82 valence electrons. The second kappa shape index (κ2) is 3.17. The minimum absolute atomic E-state index is 0.319. The maximum absolute atomic E-state index is 13.3. The van der Waals surface area contributed by atoms with Gasteiger partial charge in [0, 0.05) is 12.0 Å². The van der Waals surface area contributed by atoms with Crippen LogP contribution in [0.4, 0.5) is 8.78 Å². The number of aryl methyl sites for hydroxylation is 1. The summed E-state index contributed by atoms with van der Waals surface area (Å²) in [5, 5.41) is 9.50. The summed E-state index contributed by atoms with van der Waals surface area (Å²) >= 11 is 0. The van der Waals surface area contributed by atoms with Gasteiger partial charge in [0.1, 0.15) is 11.9 Å². The summed E-state index contributed by atoms with van der Waals surface area (Å²) in [5.41, 5.74) is 1.42. The highest BCUT2D eigenvalue weighted by molar-refractivity contribution is 5.50. The largest absolute Gasteiger partial charge is 0.496 e. The van der Waals surface area contributed by atoms with E-state index in [1.54, 1.807) is 19.1 Å². The Balaban J connectivity index is 2.61. The Morgan fingerprint density at radius 1 is 1.47 bits per heavy atom. The Bertz CT molecular complexity index is 402. The standard InChI is InChI=1S/C11H12F2O2/c1-6-3-4-8(15-2)7-5-11(12,13)10(14)9(6)7/h3-4,10,14H,5H2,1-2H3. The van der Waals surface area contributed by atoms with Crippen molar-refractivity contribution in [2.45, 2.75) is 25.4 Å². The molecule has 2 rings (SSSR count). The molecular weight excluding hydrogens is 202 g/mol. The molecule has 0 saturated heterocycles. The highest BCUT2D eigenvalue weighted by Gasteiger charge is 2.48. The maximum atomic E-state index is 13.3. The molecule has 1 N–H and O–H groups in total. The topological polar surface area (TPSA) is 29.5 Å². The number of rotatable bonds is 1. The molecule has 1 aliphatic rings. The molecule has 1 atom stereocenters. The molecule has 4 heteroatoms. The first-order valence-corrected chi connectivity index (χ1v) is 4.69. The van der Waals surface area contributed by atoms with E-state index >= 15 is 0 Å². The Hall–Kier alpha value is -1.16. The van der Waals surface area contributed by atoms with Crippen molar-refractivity contribution in [3.8, 4) is 5.75 Å². The minimum Gasteiger partial charge on any atom is -0.496 e. The van der Waals surface area contributed by atoms with Crippen LogP contribution in [-0.4, -0.2) is 18.1 Å². The van der Waals surface area contributed by atoms with Crippen molar-refractivity contribution in [1.82, 2.24) is 0 Å². The molecule has 0 saturated carbocycles. The molecule has 0 fully saturated rings. The first-order valence-electron chi connectivity index (χ1n) is 4.69. The molecular formula is C11H12F2O2. The van der Waals surface area contributed by atoms with E-state index in [0.29, 0.717) is 22.4 Å². The Labute approximate surface area is 86.5 Å². The number of ether oxygens (including phenoxy) is 1. The molecule has 0 aliphatic heterocycles. The van der Waals surface area contributed by atoms with Crippen LogP contribution in [0.1, 0.15) is 22.8 Å². The van der Waals surface area contributed by atoms with E-state index in [1.165, 1.54) is 7.11 Å². The molecule has 15 heavy (non-hydrogen) atoms. The zero-order chi connectivity index (χ0) is 11.2. The van der Waals surface area contributed by atoms with Gasteiger partial charge < -0.3 is 9.84 Å². The number of benzene rings is 1. The average Bonchev–Trinajstić information content (AvgIpc) is 2.40. The fourth-order valence-electron chi connectivity index (χ4n) is 2.06. The van der Waals surface area contributed by atoms with Gasteiger partial charge in [0.25, 0.3) is 5.92 Å². The zero-order valence-electron chi connectivity index (χ0n) is 8.55. The van der Waals surface area contributed by atoms with Crippen LogP contribution in [0, 0.1) is 6.92 Å². The predicted octanol–water partition coefficient (Wildman–Crippen LogP) is 2.23. The Kier molecular flexibility index (Phi) is 2.19. The van der Waals surface area contributed by atoms with Crippen LogP contribution in [0.15, 0.2) is 12.1 Å². The molecule has 1 unspecified atom stereocenters. The number of alkyl halides is 2. The SMILES string of the molecule is COc1ccc(C)c2c1CC(F)(F)C2O.